The molecule has 0 saturated carbocycles. The second kappa shape index (κ2) is 20.7. The number of hydrogen-bond donors (Lipinski definition) is 2. The Kier molecular flexibility index (Phi) is 14.9. The van der Waals surface area contributed by atoms with Crippen molar-refractivity contribution in [2.75, 3.05) is 53.5 Å². The van der Waals surface area contributed by atoms with Gasteiger partial charge in [0.25, 0.3) is 5.91 Å². The van der Waals surface area contributed by atoms with Gasteiger partial charge in [-0.25, -0.2) is 5.43 Å². The lowest BCUT2D eigenvalue weighted by Crippen LogP contribution is -2.61. The fraction of sp³-hybridized carbons (Fsp3) is 0.527. The van der Waals surface area contributed by atoms with Gasteiger partial charge in [-0.2, -0.15) is 0 Å². The number of carbonyl (C=O) groups is 5. The van der Waals surface area contributed by atoms with Crippen LogP contribution >= 0.6 is 0 Å². The van der Waals surface area contributed by atoms with Gasteiger partial charge in [0, 0.05) is 105 Å². The number of hydrogen-bond acceptors (Lipinski definition) is 10. The van der Waals surface area contributed by atoms with Crippen LogP contribution in [0.5, 0.6) is 0 Å². The minimum absolute atomic E-state index is 0.00830. The number of nitrogens with one attached hydrogen (secondary N) is 2. The van der Waals surface area contributed by atoms with Crippen molar-refractivity contribution in [1.29, 1.82) is 0 Å². The number of aryl methyl sites for hydroxylation is 1. The van der Waals surface area contributed by atoms with E-state index in [0.717, 1.165) is 63.2 Å². The number of carbonyl (C=O) groups excluding carboxylic acids is 5. The van der Waals surface area contributed by atoms with E-state index in [4.69, 9.17) is 14.5 Å². The quantitative estimate of drug-likeness (QED) is 0.112. The number of likely N-dealkylation sites (tertiary alicyclic amines) is 2. The van der Waals surface area contributed by atoms with Crippen molar-refractivity contribution in [1.82, 2.24) is 35.1 Å². The molecule has 4 aliphatic rings. The summed E-state index contributed by atoms with van der Waals surface area (Å²) in [4.78, 5) is 78.2. The standard InChI is InChI=1S/C55H71N7O7/c1-10-49(64)60-21-19-38(31-60)48(63)26-41(33(3)4)52(65)57-46-23-35-14-12-15-36(22-35)37-17-18-47-42(24-37)44(27-55(6,7)32-69-54(67)45-16-13-20-62(58-45)53(46)66)51(61(47)11-2)43-25-39(40-29-59(8)30-40)28-56-50(43)34(5)68-9/h10,12,14-15,17-18,22,24-25,28,33-34,38,40-41,45-46,58H,1,11,13,16,19-21,23,26-27,29-32H2,2-9H3,(H,57,65)/t34-,38-,41-,45-,46-/m0/s1. The van der Waals surface area contributed by atoms with Crippen LogP contribution < -0.4 is 10.7 Å². The highest BCUT2D eigenvalue weighted by atomic mass is 16.5. The molecule has 6 heterocycles. The highest BCUT2D eigenvalue weighted by Crippen LogP contribution is 2.43. The SMILES string of the molecule is C=CC(=O)N1CC[C@H](C(=O)C[C@H](C(=O)N[C@H]2Cc3cccc(c3)-c3ccc4c(c3)c(c(-c3cc(C5CN(C)C5)cnc3[C@H](C)OC)n4CC)CC(C)(C)COC(=O)[C@@H]3CCCN(N3)C2=O)C(C)C)C1. The number of amides is 3. The maximum Gasteiger partial charge on any atom is 0.324 e. The first-order valence-corrected chi connectivity index (χ1v) is 24.9. The molecule has 0 spiro atoms. The summed E-state index contributed by atoms with van der Waals surface area (Å²) in [6.45, 7) is 19.8. The van der Waals surface area contributed by atoms with Crippen molar-refractivity contribution < 1.29 is 33.4 Å². The summed E-state index contributed by atoms with van der Waals surface area (Å²) in [5.74, 6) is -2.39. The predicted octanol–water partition coefficient (Wildman–Crippen LogP) is 7.04. The number of hydrazine groups is 1. The van der Waals surface area contributed by atoms with Crippen LogP contribution in [0.1, 0.15) is 102 Å². The van der Waals surface area contributed by atoms with Crippen molar-refractivity contribution in [3.05, 3.63) is 89.8 Å². The molecule has 3 amide bonds. The molecule has 2 aromatic heterocycles. The normalized spacial score (nSPS) is 22.2. The summed E-state index contributed by atoms with van der Waals surface area (Å²) in [7, 11) is 3.86. The zero-order valence-corrected chi connectivity index (χ0v) is 41.8. The Morgan fingerprint density at radius 2 is 1.80 bits per heavy atom. The lowest BCUT2D eigenvalue weighted by Gasteiger charge is -2.36. The third kappa shape index (κ3) is 10.6. The van der Waals surface area contributed by atoms with Crippen LogP contribution in [0.15, 0.2) is 67.4 Å². The lowest BCUT2D eigenvalue weighted by molar-refractivity contribution is -0.155. The van der Waals surface area contributed by atoms with Gasteiger partial charge in [-0.15, -0.1) is 0 Å². The summed E-state index contributed by atoms with van der Waals surface area (Å²) in [6, 6.07) is 15.2. The van der Waals surface area contributed by atoms with Gasteiger partial charge in [0.05, 0.1) is 24.1 Å². The molecule has 0 aliphatic carbocycles. The van der Waals surface area contributed by atoms with E-state index < -0.39 is 29.4 Å². The molecule has 5 atom stereocenters. The van der Waals surface area contributed by atoms with E-state index in [1.165, 1.54) is 16.6 Å². The van der Waals surface area contributed by atoms with Crippen LogP contribution in [0.25, 0.3) is 33.3 Å². The summed E-state index contributed by atoms with van der Waals surface area (Å²) in [5.41, 5.74) is 11.9. The van der Waals surface area contributed by atoms with E-state index in [0.29, 0.717) is 57.8 Å². The van der Waals surface area contributed by atoms with E-state index in [-0.39, 0.29) is 60.9 Å². The predicted molar refractivity (Wildman–Crippen MR) is 267 cm³/mol. The average Bonchev–Trinajstić information content (AvgIpc) is 3.95. The van der Waals surface area contributed by atoms with E-state index in [1.807, 2.05) is 39.1 Å². The van der Waals surface area contributed by atoms with E-state index >= 15 is 0 Å². The number of methoxy groups -OCH3 is 1. The highest BCUT2D eigenvalue weighted by Gasteiger charge is 2.39. The summed E-state index contributed by atoms with van der Waals surface area (Å²) in [5, 5.41) is 5.64. The molecule has 0 radical (unpaired) electrons. The number of aromatic nitrogens is 2. The molecule has 2 aromatic carbocycles. The first kappa shape index (κ1) is 49.7. The number of esters is 1. The van der Waals surface area contributed by atoms with Gasteiger partial charge in [-0.05, 0) is 105 Å². The molecular formula is C55H71N7O7. The largest absolute Gasteiger partial charge is 0.464 e. The Balaban J connectivity index is 1.19. The molecular weight excluding hydrogens is 871 g/mol. The van der Waals surface area contributed by atoms with Crippen molar-refractivity contribution >= 4 is 40.4 Å². The molecule has 6 bridgehead atoms. The number of benzene rings is 2. The molecule has 4 aromatic rings. The Bertz CT molecular complexity index is 2610. The molecule has 69 heavy (non-hydrogen) atoms. The molecule has 14 heteroatoms. The van der Waals surface area contributed by atoms with Crippen LogP contribution in [0.4, 0.5) is 0 Å². The first-order valence-electron chi connectivity index (χ1n) is 24.9. The number of pyridine rings is 1. The Morgan fingerprint density at radius 1 is 1.03 bits per heavy atom. The monoisotopic (exact) mass is 942 g/mol. The van der Waals surface area contributed by atoms with Gasteiger partial charge in [0.2, 0.25) is 11.8 Å². The number of fused-ring (bicyclic) bond motifs is 6. The smallest absolute Gasteiger partial charge is 0.324 e. The maximum atomic E-state index is 14.7. The van der Waals surface area contributed by atoms with Gasteiger partial charge in [0.1, 0.15) is 17.9 Å². The molecule has 368 valence electrons. The van der Waals surface area contributed by atoms with Crippen molar-refractivity contribution in [3.63, 3.8) is 0 Å². The van der Waals surface area contributed by atoms with E-state index in [1.54, 1.807) is 12.0 Å². The number of ketones is 1. The van der Waals surface area contributed by atoms with Crippen LogP contribution in [0, 0.1) is 23.2 Å². The van der Waals surface area contributed by atoms with Gasteiger partial charge in [-0.1, -0.05) is 64.6 Å². The zero-order valence-electron chi connectivity index (χ0n) is 41.8. The molecule has 3 fully saturated rings. The topological polar surface area (TPSA) is 155 Å². The number of nitrogens with zero attached hydrogens (tertiary/aromatic N) is 5. The van der Waals surface area contributed by atoms with Gasteiger partial charge >= 0.3 is 5.97 Å². The first-order chi connectivity index (χ1) is 33.0. The number of ether oxygens (including phenoxy) is 2. The Hall–Kier alpha value is -5.70. The van der Waals surface area contributed by atoms with Crippen molar-refractivity contribution in [3.8, 4) is 22.4 Å². The number of Topliss-reactive ketones (excluding diaryl/α,β-unsaturated/α-hetero) is 1. The van der Waals surface area contributed by atoms with Crippen molar-refractivity contribution in [2.45, 2.75) is 111 Å². The highest BCUT2D eigenvalue weighted by molar-refractivity contribution is 5.96. The Labute approximate surface area is 407 Å². The second-order valence-electron chi connectivity index (χ2n) is 21.0. The summed E-state index contributed by atoms with van der Waals surface area (Å²) in [6.07, 6.45) is 5.34. The molecule has 14 nitrogen and oxygen atoms in total. The van der Waals surface area contributed by atoms with Gasteiger partial charge in [0.15, 0.2) is 0 Å². The van der Waals surface area contributed by atoms with Crippen LogP contribution in [-0.4, -0.2) is 119 Å². The molecule has 4 aliphatic heterocycles. The minimum atomic E-state index is -1.01. The zero-order chi connectivity index (χ0) is 49.3. The molecule has 8 rings (SSSR count). The molecule has 2 N–H and O–H groups in total. The third-order valence-electron chi connectivity index (χ3n) is 15.0. The van der Waals surface area contributed by atoms with Gasteiger partial charge < -0.3 is 29.2 Å². The Morgan fingerprint density at radius 3 is 2.51 bits per heavy atom. The van der Waals surface area contributed by atoms with Crippen LogP contribution in [0.3, 0.4) is 0 Å². The van der Waals surface area contributed by atoms with E-state index in [2.05, 4.69) is 91.0 Å². The van der Waals surface area contributed by atoms with Gasteiger partial charge in [-0.3, -0.25) is 34.0 Å². The summed E-state index contributed by atoms with van der Waals surface area (Å²) < 4.78 is 14.5. The fourth-order valence-electron chi connectivity index (χ4n) is 10.8. The molecule has 0 unspecified atom stereocenters. The van der Waals surface area contributed by atoms with Crippen molar-refractivity contribution in [2.24, 2.45) is 23.2 Å². The lowest BCUT2D eigenvalue weighted by atomic mass is 9.83. The van der Waals surface area contributed by atoms with Crippen LogP contribution in [-0.2, 0) is 52.8 Å². The average molecular weight is 942 g/mol. The number of rotatable bonds is 12. The van der Waals surface area contributed by atoms with E-state index in [9.17, 15) is 24.0 Å². The number of cyclic esters (lactones) is 1. The second-order valence-corrected chi connectivity index (χ2v) is 21.0. The summed E-state index contributed by atoms with van der Waals surface area (Å²) >= 11 is 0. The third-order valence-corrected chi connectivity index (χ3v) is 15.0. The maximum absolute atomic E-state index is 14.7. The minimum Gasteiger partial charge on any atom is -0.464 e. The molecule has 3 saturated heterocycles. The fourth-order valence-corrected chi connectivity index (χ4v) is 10.8. The van der Waals surface area contributed by atoms with Crippen LogP contribution in [0.2, 0.25) is 0 Å². The number of likely N-dealkylation sites (N-methyl/N-ethyl adjacent to an activating group) is 1.